The van der Waals surface area contributed by atoms with Gasteiger partial charge in [-0.2, -0.15) is 0 Å². The Balaban J connectivity index is 1.000. The first kappa shape index (κ1) is 43.6. The molecule has 0 amide bonds. The van der Waals surface area contributed by atoms with Crippen LogP contribution in [0.5, 0.6) is 0 Å². The SMILES string of the molecule is c1ccc(N(c2ccccc2)c2ccc3c(c2)N(c2ccccc2)c2cc4c5c6c2B3c2cccc3c7cc8c(oc9ccccc98)c(c7n-6c23)B5c2ccc(N(c3ccccc3)c3ccccc3)cc2N4c2ccccc2)cc1. The molecule has 12 aromatic carbocycles. The van der Waals surface area contributed by atoms with Gasteiger partial charge in [0.1, 0.15) is 11.2 Å². The molecule has 0 atom stereocenters. The maximum atomic E-state index is 7.27. The molecule has 8 heteroatoms. The second-order valence-electron chi connectivity index (χ2n) is 21.5. The molecule has 0 bridgehead atoms. The zero-order chi connectivity index (χ0) is 52.2. The van der Waals surface area contributed by atoms with Crippen molar-refractivity contribution in [2.24, 2.45) is 0 Å². The minimum absolute atomic E-state index is 0.0815. The van der Waals surface area contributed by atoms with Crippen LogP contribution in [0.25, 0.3) is 49.4 Å². The highest BCUT2D eigenvalue weighted by molar-refractivity contribution is 7.05. The van der Waals surface area contributed by atoms with Crippen molar-refractivity contribution in [3.8, 4) is 5.69 Å². The summed E-state index contributed by atoms with van der Waals surface area (Å²) in [5, 5.41) is 4.78. The molecule has 0 radical (unpaired) electrons. The number of nitrogens with zero attached hydrogens (tertiary/aromatic N) is 5. The average Bonchev–Trinajstić information content (AvgIpc) is 2.54. The summed E-state index contributed by atoms with van der Waals surface area (Å²) in [4.78, 5) is 9.91. The Kier molecular flexibility index (Phi) is 9.03. The summed E-state index contributed by atoms with van der Waals surface area (Å²) in [7, 11) is 0. The van der Waals surface area contributed by atoms with E-state index in [1.807, 2.05) is 0 Å². The fraction of sp³-hybridized carbons (Fsp3) is 0. The van der Waals surface area contributed by atoms with Crippen molar-refractivity contribution in [3.05, 3.63) is 273 Å². The van der Waals surface area contributed by atoms with Crippen molar-refractivity contribution in [2.45, 2.75) is 0 Å². The molecule has 18 rings (SSSR count). The van der Waals surface area contributed by atoms with Gasteiger partial charge < -0.3 is 28.6 Å². The Labute approximate surface area is 463 Å². The molecule has 80 heavy (non-hydrogen) atoms. The quantitative estimate of drug-likeness (QED) is 0.142. The van der Waals surface area contributed by atoms with E-state index in [2.05, 4.69) is 297 Å². The lowest BCUT2D eigenvalue weighted by molar-refractivity contribution is 0.671. The highest BCUT2D eigenvalue weighted by Crippen LogP contribution is 2.50. The van der Waals surface area contributed by atoms with Crippen LogP contribution < -0.4 is 52.4 Å². The molecule has 6 heterocycles. The van der Waals surface area contributed by atoms with Gasteiger partial charge in [-0.3, -0.25) is 0 Å². The number of para-hydroxylation sites is 8. The number of hydrogen-bond donors (Lipinski definition) is 0. The number of benzene rings is 12. The molecular weight excluding hydrogens is 972 g/mol. The third kappa shape index (κ3) is 5.94. The van der Waals surface area contributed by atoms with Gasteiger partial charge in [0.2, 0.25) is 0 Å². The second kappa shape index (κ2) is 16.5. The topological polar surface area (TPSA) is 31.0 Å². The predicted octanol–water partition coefficient (Wildman–Crippen LogP) is 14.8. The van der Waals surface area contributed by atoms with Crippen LogP contribution in [0.1, 0.15) is 0 Å². The first-order valence-electron chi connectivity index (χ1n) is 27.7. The van der Waals surface area contributed by atoms with E-state index in [4.69, 9.17) is 4.42 Å². The first-order valence-corrected chi connectivity index (χ1v) is 27.7. The molecule has 0 spiro atoms. The smallest absolute Gasteiger partial charge is 0.257 e. The molecule has 0 aliphatic carbocycles. The number of anilines is 12. The monoisotopic (exact) mass is 1020 g/mol. The second-order valence-corrected chi connectivity index (χ2v) is 21.5. The summed E-state index contributed by atoms with van der Waals surface area (Å²) >= 11 is 0. The van der Waals surface area contributed by atoms with E-state index in [9.17, 15) is 0 Å². The van der Waals surface area contributed by atoms with Gasteiger partial charge in [-0.05, 0) is 148 Å². The molecule has 6 nitrogen and oxygen atoms in total. The molecular formula is C72H45B2N5O. The average molecular weight is 1020 g/mol. The van der Waals surface area contributed by atoms with Crippen LogP contribution in [-0.4, -0.2) is 18.0 Å². The summed E-state index contributed by atoms with van der Waals surface area (Å²) in [6, 6.07) is 100. The van der Waals surface area contributed by atoms with Gasteiger partial charge in [0.05, 0.1) is 5.52 Å². The van der Waals surface area contributed by atoms with Crippen LogP contribution in [0.2, 0.25) is 0 Å². The highest BCUT2D eigenvalue weighted by Gasteiger charge is 2.51. The first-order chi connectivity index (χ1) is 39.7. The van der Waals surface area contributed by atoms with Crippen LogP contribution in [0.4, 0.5) is 68.2 Å². The maximum absolute atomic E-state index is 7.27. The molecule has 0 fully saturated rings. The van der Waals surface area contributed by atoms with Crippen LogP contribution in [0.15, 0.2) is 277 Å². The summed E-state index contributed by atoms with van der Waals surface area (Å²) in [5.74, 6) is 0. The van der Waals surface area contributed by atoms with Gasteiger partial charge in [0, 0.05) is 101 Å². The molecule has 2 aromatic heterocycles. The fourth-order valence-corrected chi connectivity index (χ4v) is 14.4. The van der Waals surface area contributed by atoms with E-state index < -0.39 is 0 Å². The summed E-state index contributed by atoms with van der Waals surface area (Å²) in [6.45, 7) is -0.275. The minimum Gasteiger partial charge on any atom is -0.457 e. The summed E-state index contributed by atoms with van der Waals surface area (Å²) < 4.78 is 9.95. The van der Waals surface area contributed by atoms with E-state index in [0.29, 0.717) is 0 Å². The summed E-state index contributed by atoms with van der Waals surface area (Å²) in [6.07, 6.45) is 0. The van der Waals surface area contributed by atoms with Gasteiger partial charge in [0.15, 0.2) is 0 Å². The number of rotatable bonds is 8. The Hall–Kier alpha value is -10.4. The Morgan fingerprint density at radius 1 is 0.300 bits per heavy atom. The fourth-order valence-electron chi connectivity index (χ4n) is 14.4. The molecule has 0 N–H and O–H groups in total. The zero-order valence-electron chi connectivity index (χ0n) is 43.3. The Bertz CT molecular complexity index is 4780. The molecule has 14 aromatic rings. The van der Waals surface area contributed by atoms with Crippen molar-refractivity contribution in [3.63, 3.8) is 0 Å². The normalized spacial score (nSPS) is 13.2. The lowest BCUT2D eigenvalue weighted by atomic mass is 9.29. The van der Waals surface area contributed by atoms with E-state index in [1.165, 1.54) is 60.3 Å². The number of fused-ring (bicyclic) bond motifs is 11. The molecule has 4 aliphatic rings. The van der Waals surface area contributed by atoms with Gasteiger partial charge in [-0.15, -0.1) is 0 Å². The van der Waals surface area contributed by atoms with E-state index in [0.717, 1.165) is 90.2 Å². The van der Waals surface area contributed by atoms with Gasteiger partial charge in [-0.1, -0.05) is 158 Å². The highest BCUT2D eigenvalue weighted by atomic mass is 16.3. The lowest BCUT2D eigenvalue weighted by Crippen LogP contribution is -2.67. The van der Waals surface area contributed by atoms with Crippen molar-refractivity contribution in [2.75, 3.05) is 19.6 Å². The molecule has 4 aliphatic heterocycles. The van der Waals surface area contributed by atoms with Crippen molar-refractivity contribution < 1.29 is 4.42 Å². The lowest BCUT2D eigenvalue weighted by Gasteiger charge is -2.47. The Morgan fingerprint density at radius 3 is 1.30 bits per heavy atom. The van der Waals surface area contributed by atoms with Crippen molar-refractivity contribution in [1.29, 1.82) is 0 Å². The molecule has 0 saturated heterocycles. The molecule has 370 valence electrons. The number of hydrogen-bond acceptors (Lipinski definition) is 5. The van der Waals surface area contributed by atoms with Crippen LogP contribution in [-0.2, 0) is 0 Å². The van der Waals surface area contributed by atoms with E-state index in [1.54, 1.807) is 0 Å². The van der Waals surface area contributed by atoms with Gasteiger partial charge in [-0.25, -0.2) is 0 Å². The summed E-state index contributed by atoms with van der Waals surface area (Å²) in [5.41, 5.74) is 26.6. The Morgan fingerprint density at radius 2 is 0.762 bits per heavy atom. The van der Waals surface area contributed by atoms with Crippen LogP contribution in [0.3, 0.4) is 0 Å². The van der Waals surface area contributed by atoms with Crippen molar-refractivity contribution in [1.82, 2.24) is 4.57 Å². The predicted molar refractivity (Wildman–Crippen MR) is 336 cm³/mol. The largest absolute Gasteiger partial charge is 0.457 e. The van der Waals surface area contributed by atoms with E-state index >= 15 is 0 Å². The maximum Gasteiger partial charge on any atom is 0.257 e. The standard InChI is InChI=1S/C72H45B2N5O/c1-7-22-46(23-8-1)75(47-24-9-2-10-25-47)52-38-40-58-61(42-52)77(50-30-15-5-16-31-50)63-45-64-67-71-66(63)73(58)60-36-21-35-55-56-44-57-54-34-19-20-37-65(54)80-72(57)68(70(56)79(71)69(55)60)74(67)59-41-39-53(43-62(59)78(64)51-32-17-6-18-33-51)76(48-26-11-3-12-27-48)49-28-13-4-14-29-49/h1-45H. The van der Waals surface area contributed by atoms with E-state index in [-0.39, 0.29) is 13.4 Å². The van der Waals surface area contributed by atoms with Crippen LogP contribution >= 0.6 is 0 Å². The minimum atomic E-state index is -0.193. The molecule has 0 saturated carbocycles. The van der Waals surface area contributed by atoms with Gasteiger partial charge in [0.25, 0.3) is 13.4 Å². The van der Waals surface area contributed by atoms with Crippen molar-refractivity contribution >= 4 is 158 Å². The third-order valence-electron chi connectivity index (χ3n) is 17.4. The third-order valence-corrected chi connectivity index (χ3v) is 17.4. The van der Waals surface area contributed by atoms with Crippen LogP contribution in [0, 0.1) is 0 Å². The number of aromatic nitrogens is 1. The molecule has 0 unspecified atom stereocenters. The van der Waals surface area contributed by atoms with Gasteiger partial charge >= 0.3 is 0 Å². The zero-order valence-corrected chi connectivity index (χ0v) is 43.3. The number of furan rings is 1.